The number of hydrogen-bond donors (Lipinski definition) is 2. The van der Waals surface area contributed by atoms with E-state index in [1.165, 1.54) is 19.3 Å². The molecule has 1 aromatic carbocycles. The Labute approximate surface area is 189 Å². The van der Waals surface area contributed by atoms with E-state index in [4.69, 9.17) is 4.74 Å². The van der Waals surface area contributed by atoms with Gasteiger partial charge in [-0.3, -0.25) is 14.9 Å². The number of carbonyl (C=O) groups is 2. The Kier molecular flexibility index (Phi) is 7.63. The smallest absolute Gasteiger partial charge is 0.246 e. The van der Waals surface area contributed by atoms with Crippen molar-refractivity contribution in [3.8, 4) is 5.75 Å². The molecule has 1 saturated heterocycles. The van der Waals surface area contributed by atoms with Crippen molar-refractivity contribution in [1.29, 1.82) is 0 Å². The topological polar surface area (TPSA) is 94.5 Å². The number of rotatable bonds is 10. The number of nitrogens with zero attached hydrogens (tertiary/aromatic N) is 3. The Morgan fingerprint density at radius 2 is 2.03 bits per heavy atom. The minimum Gasteiger partial charge on any atom is -0.494 e. The first-order valence-corrected chi connectivity index (χ1v) is 11.9. The average molecular weight is 443 g/mol. The quantitative estimate of drug-likeness (QED) is 0.544. The zero-order valence-corrected chi connectivity index (χ0v) is 18.7. The van der Waals surface area contributed by atoms with Crippen molar-refractivity contribution >= 4 is 23.5 Å². The summed E-state index contributed by atoms with van der Waals surface area (Å²) in [7, 11) is 0. The molecule has 0 aromatic heterocycles. The minimum atomic E-state index is -0.0234. The molecule has 174 valence electrons. The van der Waals surface area contributed by atoms with Gasteiger partial charge in [-0.2, -0.15) is 0 Å². The molecule has 2 amide bonds. The molecule has 8 heteroatoms. The second-order valence-electron chi connectivity index (χ2n) is 8.89. The second kappa shape index (κ2) is 10.8. The number of guanidine groups is 1. The monoisotopic (exact) mass is 442 g/mol. The van der Waals surface area contributed by atoms with Crippen LogP contribution >= 0.6 is 0 Å². The van der Waals surface area contributed by atoms with Crippen LogP contribution in [-0.2, 0) is 16.1 Å². The molecule has 0 atom stereocenters. The maximum atomic E-state index is 12.7. The fourth-order valence-electron chi connectivity index (χ4n) is 4.81. The van der Waals surface area contributed by atoms with Crippen LogP contribution < -0.4 is 10.1 Å². The maximum absolute atomic E-state index is 12.7. The molecule has 2 aliphatic heterocycles. The molecule has 3 aliphatic rings. The van der Waals surface area contributed by atoms with E-state index in [-0.39, 0.29) is 18.4 Å². The molecule has 2 heterocycles. The first-order valence-electron chi connectivity index (χ1n) is 11.9. The summed E-state index contributed by atoms with van der Waals surface area (Å²) >= 11 is 0. The normalized spacial score (nSPS) is 18.0. The highest BCUT2D eigenvalue weighted by atomic mass is 16.5. The van der Waals surface area contributed by atoms with Crippen LogP contribution in [-0.4, -0.2) is 65.0 Å². The molecule has 2 N–H and O–H groups in total. The lowest BCUT2D eigenvalue weighted by atomic mass is 9.94. The van der Waals surface area contributed by atoms with Gasteiger partial charge >= 0.3 is 0 Å². The predicted molar refractivity (Wildman–Crippen MR) is 122 cm³/mol. The van der Waals surface area contributed by atoms with Crippen molar-refractivity contribution in [2.24, 2.45) is 4.99 Å². The molecule has 1 aromatic rings. The molecule has 32 heavy (non-hydrogen) atoms. The largest absolute Gasteiger partial charge is 0.494 e. The fraction of sp³-hybridized carbons (Fsp3) is 0.625. The number of amides is 2. The van der Waals surface area contributed by atoms with E-state index in [0.29, 0.717) is 44.7 Å². The Bertz CT molecular complexity index is 850. The fourth-order valence-corrected chi connectivity index (χ4v) is 4.81. The Balaban J connectivity index is 1.17. The number of ether oxygens (including phenoxy) is 1. The number of aliphatic hydroxyl groups is 1. The van der Waals surface area contributed by atoms with Crippen LogP contribution in [0.4, 0.5) is 5.69 Å². The number of hydrogen-bond acceptors (Lipinski definition) is 6. The van der Waals surface area contributed by atoms with Crippen molar-refractivity contribution in [2.75, 3.05) is 26.3 Å². The van der Waals surface area contributed by atoms with Gasteiger partial charge in [0.1, 0.15) is 12.3 Å². The van der Waals surface area contributed by atoms with Crippen molar-refractivity contribution in [3.05, 3.63) is 23.8 Å². The third-order valence-corrected chi connectivity index (χ3v) is 6.51. The van der Waals surface area contributed by atoms with Gasteiger partial charge in [-0.05, 0) is 43.7 Å². The van der Waals surface area contributed by atoms with Gasteiger partial charge in [0.05, 0.1) is 18.9 Å². The van der Waals surface area contributed by atoms with Crippen molar-refractivity contribution in [3.63, 3.8) is 0 Å². The Morgan fingerprint density at radius 1 is 1.19 bits per heavy atom. The molecule has 2 fully saturated rings. The van der Waals surface area contributed by atoms with Crippen LogP contribution in [0.1, 0.15) is 63.4 Å². The lowest BCUT2D eigenvalue weighted by Crippen LogP contribution is -2.43. The number of nitrogens with one attached hydrogen (secondary N) is 1. The van der Waals surface area contributed by atoms with Crippen LogP contribution in [0.3, 0.4) is 0 Å². The van der Waals surface area contributed by atoms with Gasteiger partial charge in [-0.15, -0.1) is 0 Å². The van der Waals surface area contributed by atoms with E-state index in [9.17, 15) is 14.7 Å². The number of benzene rings is 1. The first kappa shape index (κ1) is 22.6. The standard InChI is InChI=1S/C24H34N4O4/c29-13-12-28(19-7-3-1-4-8-19)23(31)9-5-2-6-14-32-20-11-10-18-16-27-17-22(30)26-24(27)25-21(18)15-20/h10-11,15,19,29H,1-9,12-14,16-17H2,(H,25,26,30). The van der Waals surface area contributed by atoms with Crippen LogP contribution in [0.15, 0.2) is 23.2 Å². The van der Waals surface area contributed by atoms with Gasteiger partial charge in [0, 0.05) is 31.6 Å². The van der Waals surface area contributed by atoms with E-state index in [0.717, 1.165) is 49.1 Å². The highest BCUT2D eigenvalue weighted by molar-refractivity contribution is 6.05. The van der Waals surface area contributed by atoms with Gasteiger partial charge in [0.15, 0.2) is 0 Å². The van der Waals surface area contributed by atoms with Gasteiger partial charge in [0.25, 0.3) is 0 Å². The predicted octanol–water partition coefficient (Wildman–Crippen LogP) is 2.71. The average Bonchev–Trinajstić information content (AvgIpc) is 3.17. The van der Waals surface area contributed by atoms with E-state index in [2.05, 4.69) is 10.3 Å². The summed E-state index contributed by atoms with van der Waals surface area (Å²) < 4.78 is 5.89. The number of unbranched alkanes of at least 4 members (excludes halogenated alkanes) is 2. The molecule has 8 nitrogen and oxygen atoms in total. The van der Waals surface area contributed by atoms with Crippen LogP contribution in [0.5, 0.6) is 5.75 Å². The Hall–Kier alpha value is -2.61. The summed E-state index contributed by atoms with van der Waals surface area (Å²) in [5.74, 6) is 1.54. The molecule has 0 spiro atoms. The number of aliphatic imine (C=N–C) groups is 1. The zero-order chi connectivity index (χ0) is 22.3. The van der Waals surface area contributed by atoms with Crippen LogP contribution in [0, 0.1) is 0 Å². The highest BCUT2D eigenvalue weighted by Crippen LogP contribution is 2.31. The lowest BCUT2D eigenvalue weighted by molar-refractivity contribution is -0.135. The molecular weight excluding hydrogens is 408 g/mol. The maximum Gasteiger partial charge on any atom is 0.246 e. The highest BCUT2D eigenvalue weighted by Gasteiger charge is 2.29. The van der Waals surface area contributed by atoms with E-state index >= 15 is 0 Å². The number of carbonyl (C=O) groups excluding carboxylic acids is 2. The molecule has 0 bridgehead atoms. The lowest BCUT2D eigenvalue weighted by Gasteiger charge is -2.34. The number of fused-ring (bicyclic) bond motifs is 2. The molecule has 1 saturated carbocycles. The minimum absolute atomic E-state index is 0.0234. The summed E-state index contributed by atoms with van der Waals surface area (Å²) in [5.41, 5.74) is 1.93. The van der Waals surface area contributed by atoms with Gasteiger partial charge in [-0.1, -0.05) is 25.3 Å². The zero-order valence-electron chi connectivity index (χ0n) is 18.7. The van der Waals surface area contributed by atoms with E-state index in [1.807, 2.05) is 28.0 Å². The third kappa shape index (κ3) is 5.59. The third-order valence-electron chi connectivity index (χ3n) is 6.51. The number of aliphatic hydroxyl groups excluding tert-OH is 1. The molecule has 0 unspecified atom stereocenters. The molecule has 4 rings (SSSR count). The summed E-state index contributed by atoms with van der Waals surface area (Å²) in [6, 6.07) is 6.19. The second-order valence-corrected chi connectivity index (χ2v) is 8.89. The van der Waals surface area contributed by atoms with Crippen molar-refractivity contribution < 1.29 is 19.4 Å². The van der Waals surface area contributed by atoms with Crippen molar-refractivity contribution in [2.45, 2.75) is 70.4 Å². The van der Waals surface area contributed by atoms with Crippen LogP contribution in [0.2, 0.25) is 0 Å². The summed E-state index contributed by atoms with van der Waals surface area (Å²) in [6.07, 6.45) is 8.93. The van der Waals surface area contributed by atoms with Crippen LogP contribution in [0.25, 0.3) is 0 Å². The summed E-state index contributed by atoms with van der Waals surface area (Å²) in [4.78, 5) is 32.6. The Morgan fingerprint density at radius 3 is 2.84 bits per heavy atom. The van der Waals surface area contributed by atoms with Gasteiger partial charge in [0.2, 0.25) is 17.8 Å². The molecule has 0 radical (unpaired) electrons. The van der Waals surface area contributed by atoms with Crippen molar-refractivity contribution in [1.82, 2.24) is 15.1 Å². The SMILES string of the molecule is O=C1CN2Cc3ccc(OCCCCCC(=O)N(CCO)C4CCCCC4)cc3N=C2N1. The van der Waals surface area contributed by atoms with Gasteiger partial charge < -0.3 is 19.6 Å². The van der Waals surface area contributed by atoms with E-state index in [1.54, 1.807) is 0 Å². The van der Waals surface area contributed by atoms with E-state index < -0.39 is 0 Å². The summed E-state index contributed by atoms with van der Waals surface area (Å²) in [5, 5.41) is 12.1. The molecule has 1 aliphatic carbocycles. The summed E-state index contributed by atoms with van der Waals surface area (Å²) in [6.45, 7) is 2.12. The van der Waals surface area contributed by atoms with Gasteiger partial charge in [-0.25, -0.2) is 4.99 Å². The first-order chi connectivity index (χ1) is 15.6. The molecular formula is C24H34N4O4.